The van der Waals surface area contributed by atoms with E-state index in [1.54, 1.807) is 16.7 Å². The molecule has 1 aromatic carbocycles. The van der Waals surface area contributed by atoms with Gasteiger partial charge in [0.1, 0.15) is 0 Å². The van der Waals surface area contributed by atoms with Gasteiger partial charge in [-0.1, -0.05) is 39.0 Å². The highest BCUT2D eigenvalue weighted by Crippen LogP contribution is 2.37. The molecule has 9 heteroatoms. The number of sulfonamides is 1. The SMILES string of the molecule is CC(C)(C)c1ccc(S(=O)(=O)NCCn2nc(-c3cccs3)n(C3CC3)c2=O)cc1. The van der Waals surface area contributed by atoms with Crippen molar-refractivity contribution in [2.75, 3.05) is 6.54 Å². The third-order valence-electron chi connectivity index (χ3n) is 5.17. The van der Waals surface area contributed by atoms with E-state index in [0.29, 0.717) is 5.82 Å². The fourth-order valence-corrected chi connectivity index (χ4v) is 5.03. The minimum atomic E-state index is -3.65. The Morgan fingerprint density at radius 3 is 2.43 bits per heavy atom. The number of nitrogens with one attached hydrogen (secondary N) is 1. The molecule has 30 heavy (non-hydrogen) atoms. The lowest BCUT2D eigenvalue weighted by molar-refractivity contribution is 0.546. The van der Waals surface area contributed by atoms with Gasteiger partial charge < -0.3 is 0 Å². The van der Waals surface area contributed by atoms with Gasteiger partial charge in [-0.15, -0.1) is 16.4 Å². The first kappa shape index (κ1) is 21.0. The van der Waals surface area contributed by atoms with Crippen LogP contribution in [0, 0.1) is 0 Å². The second kappa shape index (κ2) is 7.79. The molecule has 7 nitrogen and oxygen atoms in total. The Labute approximate surface area is 180 Å². The first-order valence-electron chi connectivity index (χ1n) is 10.0. The van der Waals surface area contributed by atoms with Crippen LogP contribution >= 0.6 is 11.3 Å². The van der Waals surface area contributed by atoms with Crippen LogP contribution in [0.4, 0.5) is 0 Å². The van der Waals surface area contributed by atoms with E-state index >= 15 is 0 Å². The van der Waals surface area contributed by atoms with E-state index in [9.17, 15) is 13.2 Å². The molecule has 1 saturated carbocycles. The Kier molecular flexibility index (Phi) is 5.46. The van der Waals surface area contributed by atoms with Crippen LogP contribution in [-0.4, -0.2) is 29.3 Å². The number of hydrogen-bond acceptors (Lipinski definition) is 5. The summed E-state index contributed by atoms with van der Waals surface area (Å²) in [4.78, 5) is 14.0. The number of nitrogens with zero attached hydrogens (tertiary/aromatic N) is 3. The van der Waals surface area contributed by atoms with Gasteiger partial charge in [0.15, 0.2) is 5.82 Å². The molecule has 0 amide bonds. The van der Waals surface area contributed by atoms with E-state index in [1.807, 2.05) is 29.6 Å². The normalized spacial score (nSPS) is 14.9. The molecule has 1 aliphatic carbocycles. The van der Waals surface area contributed by atoms with Crippen LogP contribution in [0.25, 0.3) is 10.7 Å². The molecule has 0 bridgehead atoms. The van der Waals surface area contributed by atoms with Gasteiger partial charge >= 0.3 is 5.69 Å². The molecule has 3 aromatic rings. The number of hydrogen-bond donors (Lipinski definition) is 1. The third kappa shape index (κ3) is 4.28. The summed E-state index contributed by atoms with van der Waals surface area (Å²) >= 11 is 1.54. The molecule has 0 atom stereocenters. The quantitative estimate of drug-likeness (QED) is 0.603. The van der Waals surface area contributed by atoms with Crippen LogP contribution in [0.1, 0.15) is 45.2 Å². The Bertz CT molecular complexity index is 1180. The predicted molar refractivity (Wildman–Crippen MR) is 118 cm³/mol. The summed E-state index contributed by atoms with van der Waals surface area (Å²) < 4.78 is 30.9. The van der Waals surface area contributed by atoms with Gasteiger partial charge in [0.2, 0.25) is 10.0 Å². The highest BCUT2D eigenvalue weighted by atomic mass is 32.2. The fraction of sp³-hybridized carbons (Fsp3) is 0.429. The molecule has 4 rings (SSSR count). The smallest absolute Gasteiger partial charge is 0.271 e. The Morgan fingerprint density at radius 1 is 1.17 bits per heavy atom. The van der Waals surface area contributed by atoms with Crippen LogP contribution in [0.2, 0.25) is 0 Å². The van der Waals surface area contributed by atoms with Gasteiger partial charge in [0, 0.05) is 12.6 Å². The number of rotatable bonds is 7. The largest absolute Gasteiger partial charge is 0.346 e. The van der Waals surface area contributed by atoms with Crippen molar-refractivity contribution in [3.8, 4) is 10.7 Å². The van der Waals surface area contributed by atoms with Gasteiger partial charge in [0.25, 0.3) is 0 Å². The number of thiophene rings is 1. The molecule has 0 aliphatic heterocycles. The monoisotopic (exact) mass is 446 g/mol. The van der Waals surface area contributed by atoms with Crippen molar-refractivity contribution >= 4 is 21.4 Å². The van der Waals surface area contributed by atoms with Crippen LogP contribution in [0.15, 0.2) is 51.5 Å². The Hall–Kier alpha value is -2.23. The fourth-order valence-electron chi connectivity index (χ4n) is 3.30. The van der Waals surface area contributed by atoms with Crippen LogP contribution in [0.3, 0.4) is 0 Å². The second-order valence-electron chi connectivity index (χ2n) is 8.58. The first-order chi connectivity index (χ1) is 14.2. The summed E-state index contributed by atoms with van der Waals surface area (Å²) in [6.07, 6.45) is 1.95. The van der Waals surface area contributed by atoms with Crippen molar-refractivity contribution in [2.45, 2.75) is 56.5 Å². The highest BCUT2D eigenvalue weighted by molar-refractivity contribution is 7.89. The third-order valence-corrected chi connectivity index (χ3v) is 7.51. The van der Waals surface area contributed by atoms with Gasteiger partial charge in [0.05, 0.1) is 16.3 Å². The molecule has 0 unspecified atom stereocenters. The molecule has 1 fully saturated rings. The minimum absolute atomic E-state index is 0.0441. The average Bonchev–Trinajstić information content (AvgIpc) is 3.26. The number of aromatic nitrogens is 3. The summed E-state index contributed by atoms with van der Waals surface area (Å²) in [7, 11) is -3.65. The van der Waals surface area contributed by atoms with Crippen molar-refractivity contribution in [1.82, 2.24) is 19.1 Å². The molecule has 160 valence electrons. The lowest BCUT2D eigenvalue weighted by Gasteiger charge is -2.19. The van der Waals surface area contributed by atoms with Crippen LogP contribution in [0.5, 0.6) is 0 Å². The zero-order valence-electron chi connectivity index (χ0n) is 17.3. The summed E-state index contributed by atoms with van der Waals surface area (Å²) in [5.74, 6) is 0.665. The van der Waals surface area contributed by atoms with E-state index in [-0.39, 0.29) is 35.1 Å². The predicted octanol–water partition coefficient (Wildman–Crippen LogP) is 3.38. The molecule has 0 radical (unpaired) electrons. The maximum atomic E-state index is 12.8. The lowest BCUT2D eigenvalue weighted by Crippen LogP contribution is -2.32. The molecular formula is C21H26N4O3S2. The van der Waals surface area contributed by atoms with Gasteiger partial charge in [-0.05, 0) is 47.4 Å². The summed E-state index contributed by atoms with van der Waals surface area (Å²) in [6, 6.07) is 11.0. The number of benzene rings is 1. The maximum Gasteiger partial charge on any atom is 0.346 e. The topological polar surface area (TPSA) is 86.0 Å². The van der Waals surface area contributed by atoms with Crippen molar-refractivity contribution in [1.29, 1.82) is 0 Å². The van der Waals surface area contributed by atoms with Gasteiger partial charge in [-0.2, -0.15) is 0 Å². The molecule has 1 N–H and O–H groups in total. The molecule has 0 saturated heterocycles. The van der Waals surface area contributed by atoms with Crippen molar-refractivity contribution in [3.05, 3.63) is 57.8 Å². The summed E-state index contributed by atoms with van der Waals surface area (Å²) in [6.45, 7) is 6.51. The van der Waals surface area contributed by atoms with E-state index in [1.165, 1.54) is 16.0 Å². The van der Waals surface area contributed by atoms with E-state index < -0.39 is 10.0 Å². The van der Waals surface area contributed by atoms with Crippen molar-refractivity contribution in [2.24, 2.45) is 0 Å². The Morgan fingerprint density at radius 2 is 1.87 bits per heavy atom. The molecular weight excluding hydrogens is 420 g/mol. The van der Waals surface area contributed by atoms with E-state index in [0.717, 1.165) is 23.3 Å². The molecule has 0 spiro atoms. The lowest BCUT2D eigenvalue weighted by atomic mass is 9.87. The van der Waals surface area contributed by atoms with Crippen molar-refractivity contribution < 1.29 is 8.42 Å². The van der Waals surface area contributed by atoms with Crippen molar-refractivity contribution in [3.63, 3.8) is 0 Å². The first-order valence-corrected chi connectivity index (χ1v) is 12.4. The van der Waals surface area contributed by atoms with E-state index in [4.69, 9.17) is 0 Å². The zero-order chi connectivity index (χ0) is 21.5. The van der Waals surface area contributed by atoms with Gasteiger partial charge in [-0.25, -0.2) is 22.6 Å². The Balaban J connectivity index is 1.48. The van der Waals surface area contributed by atoms with Gasteiger partial charge in [-0.3, -0.25) is 4.57 Å². The summed E-state index contributed by atoms with van der Waals surface area (Å²) in [5, 5.41) is 6.44. The van der Waals surface area contributed by atoms with Crippen LogP contribution in [-0.2, 0) is 22.0 Å². The summed E-state index contributed by atoms with van der Waals surface area (Å²) in [5.41, 5.74) is 0.840. The average molecular weight is 447 g/mol. The minimum Gasteiger partial charge on any atom is -0.271 e. The van der Waals surface area contributed by atoms with E-state index in [2.05, 4.69) is 30.6 Å². The zero-order valence-corrected chi connectivity index (χ0v) is 19.0. The van der Waals surface area contributed by atoms with Crippen LogP contribution < -0.4 is 10.4 Å². The second-order valence-corrected chi connectivity index (χ2v) is 11.3. The molecule has 2 aromatic heterocycles. The molecule has 1 aliphatic rings. The molecule has 2 heterocycles. The standard InChI is InChI=1S/C21H26N4O3S2/c1-21(2,3)15-6-10-17(11-7-15)30(27,28)22-12-13-24-20(26)25(16-8-9-16)19(23-24)18-5-4-14-29-18/h4-7,10-11,14,16,22H,8-9,12-13H2,1-3H3. The highest BCUT2D eigenvalue weighted by Gasteiger charge is 2.30. The maximum absolute atomic E-state index is 12.8.